The molecule has 4 rings (SSSR count). The van der Waals surface area contributed by atoms with Crippen molar-refractivity contribution in [2.75, 3.05) is 25.2 Å². The molecule has 0 aliphatic rings. The van der Waals surface area contributed by atoms with Gasteiger partial charge in [-0.15, -0.1) is 0 Å². The molecule has 2 heterocycles. The van der Waals surface area contributed by atoms with Crippen molar-refractivity contribution in [2.45, 2.75) is 23.8 Å². The average Bonchev–Trinajstić information content (AvgIpc) is 3.24. The number of hydrogen-bond acceptors (Lipinski definition) is 7. The molecule has 0 spiro atoms. The van der Waals surface area contributed by atoms with Crippen LogP contribution in [0, 0.1) is 13.8 Å². The number of amides is 1. The molecule has 0 atom stereocenters. The van der Waals surface area contributed by atoms with Gasteiger partial charge in [0, 0.05) is 19.8 Å². The molecule has 4 aromatic rings. The second-order valence-corrected chi connectivity index (χ2v) is 11.0. The molecular weight excluding hydrogens is 472 g/mol. The molecule has 0 aliphatic carbocycles. The molecule has 34 heavy (non-hydrogen) atoms. The van der Waals surface area contributed by atoms with Crippen molar-refractivity contribution in [1.82, 2.24) is 24.1 Å². The third-order valence-corrected chi connectivity index (χ3v) is 8.16. The van der Waals surface area contributed by atoms with E-state index in [4.69, 9.17) is 0 Å². The number of hydrogen-bond donors (Lipinski definition) is 1. The summed E-state index contributed by atoms with van der Waals surface area (Å²) in [5.74, 6) is -0.111. The maximum absolute atomic E-state index is 12.5. The lowest BCUT2D eigenvalue weighted by atomic mass is 10.1. The summed E-state index contributed by atoms with van der Waals surface area (Å²) in [6, 6.07) is 12.2. The maximum atomic E-state index is 12.5. The number of anilines is 1. The standard InChI is InChI=1S/C23H24N6O3S2/c1-15-5-8-18(11-16(15)2)29-22-20(12-26-29)23(25-14-24-22)33-13-21(30)27-17-6-9-19(10-7-17)34(31,32)28(3)4/h5-12,14H,13H2,1-4H3,(H,27,30). The fourth-order valence-electron chi connectivity index (χ4n) is 3.24. The zero-order valence-corrected chi connectivity index (χ0v) is 20.8. The lowest BCUT2D eigenvalue weighted by molar-refractivity contribution is -0.113. The Kier molecular flexibility index (Phi) is 6.69. The number of sulfonamides is 1. The Morgan fingerprint density at radius 2 is 1.79 bits per heavy atom. The smallest absolute Gasteiger partial charge is 0.242 e. The summed E-state index contributed by atoms with van der Waals surface area (Å²) < 4.78 is 27.2. The second kappa shape index (κ2) is 9.53. The molecule has 0 saturated heterocycles. The van der Waals surface area contributed by atoms with Gasteiger partial charge in [0.15, 0.2) is 5.65 Å². The first-order valence-electron chi connectivity index (χ1n) is 10.4. The Labute approximate surface area is 202 Å². The van der Waals surface area contributed by atoms with E-state index in [1.165, 1.54) is 49.9 Å². The second-order valence-electron chi connectivity index (χ2n) is 7.89. The summed E-state index contributed by atoms with van der Waals surface area (Å²) in [7, 11) is -0.577. The first-order chi connectivity index (χ1) is 16.2. The van der Waals surface area contributed by atoms with E-state index in [2.05, 4.69) is 33.4 Å². The fraction of sp³-hybridized carbons (Fsp3) is 0.217. The summed E-state index contributed by atoms with van der Waals surface area (Å²) in [4.78, 5) is 21.4. The summed E-state index contributed by atoms with van der Waals surface area (Å²) in [6.07, 6.45) is 3.17. The van der Waals surface area contributed by atoms with Crippen molar-refractivity contribution >= 4 is 44.4 Å². The number of thioether (sulfide) groups is 1. The molecule has 176 valence electrons. The van der Waals surface area contributed by atoms with E-state index in [-0.39, 0.29) is 16.6 Å². The van der Waals surface area contributed by atoms with Crippen molar-refractivity contribution in [1.29, 1.82) is 0 Å². The normalized spacial score (nSPS) is 11.8. The van der Waals surface area contributed by atoms with Crippen LogP contribution in [0.4, 0.5) is 5.69 Å². The van der Waals surface area contributed by atoms with Crippen molar-refractivity contribution in [3.8, 4) is 5.69 Å². The minimum Gasteiger partial charge on any atom is -0.325 e. The highest BCUT2D eigenvalue weighted by molar-refractivity contribution is 8.00. The first kappa shape index (κ1) is 23.9. The molecule has 0 bridgehead atoms. The fourth-order valence-corrected chi connectivity index (χ4v) is 4.90. The van der Waals surface area contributed by atoms with E-state index in [1.807, 2.05) is 19.1 Å². The molecule has 0 saturated carbocycles. The van der Waals surface area contributed by atoms with Gasteiger partial charge in [0.1, 0.15) is 11.4 Å². The summed E-state index contributed by atoms with van der Waals surface area (Å²) in [5.41, 5.74) is 4.45. The third-order valence-electron chi connectivity index (χ3n) is 5.32. The molecule has 1 amide bonds. The largest absolute Gasteiger partial charge is 0.325 e. The Balaban J connectivity index is 1.46. The maximum Gasteiger partial charge on any atom is 0.242 e. The highest BCUT2D eigenvalue weighted by Crippen LogP contribution is 2.26. The van der Waals surface area contributed by atoms with Crippen LogP contribution in [-0.4, -0.2) is 58.2 Å². The lowest BCUT2D eigenvalue weighted by Crippen LogP contribution is -2.22. The Bertz CT molecular complexity index is 1460. The lowest BCUT2D eigenvalue weighted by Gasteiger charge is -2.12. The van der Waals surface area contributed by atoms with Crippen molar-refractivity contribution in [3.63, 3.8) is 0 Å². The van der Waals surface area contributed by atoms with Crippen molar-refractivity contribution in [2.24, 2.45) is 0 Å². The first-order valence-corrected chi connectivity index (χ1v) is 12.8. The van der Waals surface area contributed by atoms with Crippen LogP contribution < -0.4 is 5.32 Å². The number of nitrogens with one attached hydrogen (secondary N) is 1. The van der Waals surface area contributed by atoms with E-state index in [0.717, 1.165) is 20.9 Å². The SMILES string of the molecule is Cc1ccc(-n2ncc3c(SCC(=O)Nc4ccc(S(=O)(=O)N(C)C)cc4)ncnc32)cc1C. The molecule has 0 unspecified atom stereocenters. The molecule has 2 aromatic heterocycles. The third kappa shape index (κ3) is 4.81. The van der Waals surface area contributed by atoms with E-state index in [1.54, 1.807) is 23.0 Å². The predicted octanol–water partition coefficient (Wildman–Crippen LogP) is 3.41. The number of benzene rings is 2. The van der Waals surface area contributed by atoms with Gasteiger partial charge in [-0.05, 0) is 61.4 Å². The molecule has 0 fully saturated rings. The minimum absolute atomic E-state index is 0.124. The Hall–Kier alpha value is -3.28. The summed E-state index contributed by atoms with van der Waals surface area (Å²) >= 11 is 1.28. The summed E-state index contributed by atoms with van der Waals surface area (Å²) in [6.45, 7) is 4.11. The van der Waals surface area contributed by atoms with Gasteiger partial charge in [-0.25, -0.2) is 27.4 Å². The quantitative estimate of drug-likeness (QED) is 0.308. The van der Waals surface area contributed by atoms with Gasteiger partial charge in [0.2, 0.25) is 15.9 Å². The topological polar surface area (TPSA) is 110 Å². The van der Waals surface area contributed by atoms with Gasteiger partial charge in [0.05, 0.1) is 27.9 Å². The zero-order chi connectivity index (χ0) is 24.5. The Morgan fingerprint density at radius 3 is 2.47 bits per heavy atom. The number of aromatic nitrogens is 4. The van der Waals surface area contributed by atoms with E-state index in [9.17, 15) is 13.2 Å². The van der Waals surface area contributed by atoms with Gasteiger partial charge in [-0.3, -0.25) is 4.79 Å². The summed E-state index contributed by atoms with van der Waals surface area (Å²) in [5, 5.41) is 8.67. The molecule has 1 N–H and O–H groups in total. The van der Waals surface area contributed by atoms with Crippen LogP contribution in [0.5, 0.6) is 0 Å². The van der Waals surface area contributed by atoms with E-state index in [0.29, 0.717) is 16.4 Å². The van der Waals surface area contributed by atoms with E-state index < -0.39 is 10.0 Å². The minimum atomic E-state index is -3.52. The molecular formula is C23H24N6O3S2. The van der Waals surface area contributed by atoms with Crippen LogP contribution in [0.1, 0.15) is 11.1 Å². The van der Waals surface area contributed by atoms with Crippen LogP contribution in [0.15, 0.2) is 64.9 Å². The van der Waals surface area contributed by atoms with Crippen LogP contribution in [0.3, 0.4) is 0 Å². The number of fused-ring (bicyclic) bond motifs is 1. The highest BCUT2D eigenvalue weighted by Gasteiger charge is 2.17. The number of carbonyl (C=O) groups is 1. The van der Waals surface area contributed by atoms with E-state index >= 15 is 0 Å². The zero-order valence-electron chi connectivity index (χ0n) is 19.2. The monoisotopic (exact) mass is 496 g/mol. The molecule has 9 nitrogen and oxygen atoms in total. The van der Waals surface area contributed by atoms with Gasteiger partial charge in [-0.2, -0.15) is 5.10 Å². The predicted molar refractivity (Wildman–Crippen MR) is 133 cm³/mol. The van der Waals surface area contributed by atoms with Crippen LogP contribution >= 0.6 is 11.8 Å². The molecule has 0 radical (unpaired) electrons. The highest BCUT2D eigenvalue weighted by atomic mass is 32.2. The van der Waals surface area contributed by atoms with Gasteiger partial charge in [0.25, 0.3) is 0 Å². The Morgan fingerprint density at radius 1 is 1.06 bits per heavy atom. The van der Waals surface area contributed by atoms with Crippen LogP contribution in [0.2, 0.25) is 0 Å². The van der Waals surface area contributed by atoms with Crippen LogP contribution in [0.25, 0.3) is 16.7 Å². The molecule has 0 aliphatic heterocycles. The average molecular weight is 497 g/mol. The molecule has 11 heteroatoms. The number of nitrogens with zero attached hydrogens (tertiary/aromatic N) is 5. The number of aryl methyl sites for hydroxylation is 2. The van der Waals surface area contributed by atoms with Gasteiger partial charge >= 0.3 is 0 Å². The number of rotatable bonds is 7. The van der Waals surface area contributed by atoms with Crippen LogP contribution in [-0.2, 0) is 14.8 Å². The van der Waals surface area contributed by atoms with Crippen molar-refractivity contribution < 1.29 is 13.2 Å². The van der Waals surface area contributed by atoms with Crippen molar-refractivity contribution in [3.05, 3.63) is 66.1 Å². The number of carbonyl (C=O) groups excluding carboxylic acids is 1. The van der Waals surface area contributed by atoms with Gasteiger partial charge < -0.3 is 5.32 Å². The molecule has 2 aromatic carbocycles. The van der Waals surface area contributed by atoms with Gasteiger partial charge in [-0.1, -0.05) is 17.8 Å².